The second-order valence-electron chi connectivity index (χ2n) is 8.37. The van der Waals surface area contributed by atoms with Crippen LogP contribution in [-0.2, 0) is 17.8 Å². The predicted molar refractivity (Wildman–Crippen MR) is 139 cm³/mol. The molecule has 34 heavy (non-hydrogen) atoms. The summed E-state index contributed by atoms with van der Waals surface area (Å²) in [5.74, 6) is -0.316. The summed E-state index contributed by atoms with van der Waals surface area (Å²) in [6, 6.07) is 23.2. The fraction of sp³-hybridized carbons (Fsp3) is 0.179. The van der Waals surface area contributed by atoms with E-state index < -0.39 is 0 Å². The molecule has 0 radical (unpaired) electrons. The van der Waals surface area contributed by atoms with E-state index in [1.54, 1.807) is 6.07 Å². The number of hydrogen-bond acceptors (Lipinski definition) is 3. The van der Waals surface area contributed by atoms with Crippen molar-refractivity contribution in [3.8, 4) is 0 Å². The smallest absolute Gasteiger partial charge is 0.260 e. The molecule has 0 aliphatic carbocycles. The van der Waals surface area contributed by atoms with Gasteiger partial charge in [-0.15, -0.1) is 0 Å². The number of thioether (sulfide) groups is 1. The van der Waals surface area contributed by atoms with Gasteiger partial charge in [-0.1, -0.05) is 67.2 Å². The van der Waals surface area contributed by atoms with Crippen molar-refractivity contribution in [1.29, 1.82) is 0 Å². The molecule has 0 saturated carbocycles. The number of nitrogens with zero attached hydrogens (tertiary/aromatic N) is 1. The summed E-state index contributed by atoms with van der Waals surface area (Å²) in [5, 5.41) is 7.43. The summed E-state index contributed by atoms with van der Waals surface area (Å²) < 4.78 is 16.5. The maximum Gasteiger partial charge on any atom is 0.260 e. The standard InChI is InChI=1S/C28H26FN3OS/c1-3-19-12-14-21(15-13-19)30-28-31-27(33)26(34-28)16-23-18(2)32(25-11-7-5-9-22(23)25)17-20-8-4-6-10-24(20)29/h4-16,28,30H,3,17H2,1-2H3,(H,31,33)/b26-16-/t28-/m0/s1. The highest BCUT2D eigenvalue weighted by atomic mass is 32.2. The zero-order valence-electron chi connectivity index (χ0n) is 19.1. The van der Waals surface area contributed by atoms with Crippen molar-refractivity contribution >= 4 is 40.3 Å². The first-order valence-electron chi connectivity index (χ1n) is 11.4. The van der Waals surface area contributed by atoms with E-state index in [9.17, 15) is 9.18 Å². The van der Waals surface area contributed by atoms with E-state index in [0.29, 0.717) is 17.0 Å². The minimum absolute atomic E-state index is 0.0991. The summed E-state index contributed by atoms with van der Waals surface area (Å²) in [5.41, 5.74) is 5.64. The van der Waals surface area contributed by atoms with Crippen molar-refractivity contribution in [3.63, 3.8) is 0 Å². The van der Waals surface area contributed by atoms with Crippen LogP contribution in [0.25, 0.3) is 17.0 Å². The lowest BCUT2D eigenvalue weighted by Gasteiger charge is -2.12. The average molecular weight is 472 g/mol. The highest BCUT2D eigenvalue weighted by Crippen LogP contribution is 2.34. The Balaban J connectivity index is 1.45. The van der Waals surface area contributed by atoms with Crippen molar-refractivity contribution in [3.05, 3.63) is 106 Å². The number of fused-ring (bicyclic) bond motifs is 1. The first-order chi connectivity index (χ1) is 16.5. The number of carbonyl (C=O) groups excluding carboxylic acids is 1. The van der Waals surface area contributed by atoms with Crippen LogP contribution in [0.15, 0.2) is 77.7 Å². The van der Waals surface area contributed by atoms with E-state index in [2.05, 4.69) is 40.3 Å². The lowest BCUT2D eigenvalue weighted by Crippen LogP contribution is -2.30. The number of amides is 1. The minimum atomic E-state index is -0.238. The number of halogens is 1. The zero-order valence-corrected chi connectivity index (χ0v) is 20.0. The summed E-state index contributed by atoms with van der Waals surface area (Å²) in [7, 11) is 0. The van der Waals surface area contributed by atoms with E-state index in [1.807, 2.05) is 55.5 Å². The van der Waals surface area contributed by atoms with Gasteiger partial charge in [0.1, 0.15) is 5.82 Å². The maximum absolute atomic E-state index is 14.4. The molecule has 1 aliphatic rings. The fourth-order valence-electron chi connectivity index (χ4n) is 4.33. The van der Waals surface area contributed by atoms with E-state index in [4.69, 9.17) is 0 Å². The average Bonchev–Trinajstić information content (AvgIpc) is 3.32. The fourth-order valence-corrected chi connectivity index (χ4v) is 5.29. The van der Waals surface area contributed by atoms with Gasteiger partial charge in [-0.05, 0) is 49.2 Å². The summed E-state index contributed by atoms with van der Waals surface area (Å²) >= 11 is 1.47. The zero-order chi connectivity index (χ0) is 23.7. The van der Waals surface area contributed by atoms with E-state index >= 15 is 0 Å². The van der Waals surface area contributed by atoms with Gasteiger partial charge in [0.25, 0.3) is 5.91 Å². The molecular formula is C28H26FN3OS. The molecule has 2 N–H and O–H groups in total. The molecule has 4 aromatic rings. The molecule has 0 spiro atoms. The number of nitrogens with one attached hydrogen (secondary N) is 2. The molecule has 0 unspecified atom stereocenters. The number of carbonyl (C=O) groups is 1. The van der Waals surface area contributed by atoms with Crippen molar-refractivity contribution < 1.29 is 9.18 Å². The molecule has 1 fully saturated rings. The third-order valence-corrected chi connectivity index (χ3v) is 7.26. The normalized spacial score (nSPS) is 16.9. The predicted octanol–water partition coefficient (Wildman–Crippen LogP) is 6.30. The third-order valence-electron chi connectivity index (χ3n) is 6.23. The van der Waals surface area contributed by atoms with Crippen molar-refractivity contribution in [2.24, 2.45) is 0 Å². The van der Waals surface area contributed by atoms with Gasteiger partial charge >= 0.3 is 0 Å². The Kier molecular flexibility index (Phi) is 6.16. The molecule has 0 bridgehead atoms. The van der Waals surface area contributed by atoms with Gasteiger partial charge < -0.3 is 15.2 Å². The molecule has 6 heteroatoms. The SMILES string of the molecule is CCc1ccc(N[C@H]2NC(=O)/C(=C/c3c(C)n(Cc4ccccc4F)c4ccccc34)S2)cc1. The van der Waals surface area contributed by atoms with E-state index in [-0.39, 0.29) is 17.2 Å². The molecule has 1 aliphatic heterocycles. The first kappa shape index (κ1) is 22.3. The number of aromatic nitrogens is 1. The molecule has 2 heterocycles. The van der Waals surface area contributed by atoms with Crippen molar-refractivity contribution in [2.45, 2.75) is 32.3 Å². The third kappa shape index (κ3) is 4.33. The van der Waals surface area contributed by atoms with Crippen LogP contribution < -0.4 is 10.6 Å². The van der Waals surface area contributed by atoms with Crippen LogP contribution in [0.2, 0.25) is 0 Å². The largest absolute Gasteiger partial charge is 0.357 e. The highest BCUT2D eigenvalue weighted by molar-refractivity contribution is 8.05. The molecule has 1 atom stereocenters. The Labute approximate surface area is 202 Å². The van der Waals surface area contributed by atoms with Crippen molar-refractivity contribution in [2.75, 3.05) is 5.32 Å². The molecule has 4 nitrogen and oxygen atoms in total. The molecule has 1 aromatic heterocycles. The lowest BCUT2D eigenvalue weighted by atomic mass is 10.1. The number of hydrogen-bond donors (Lipinski definition) is 2. The quantitative estimate of drug-likeness (QED) is 0.325. The Bertz CT molecular complexity index is 1390. The highest BCUT2D eigenvalue weighted by Gasteiger charge is 2.28. The van der Waals surface area contributed by atoms with E-state index in [0.717, 1.165) is 34.3 Å². The van der Waals surface area contributed by atoms with Crippen LogP contribution in [-0.4, -0.2) is 16.0 Å². The van der Waals surface area contributed by atoms with Crippen LogP contribution >= 0.6 is 11.8 Å². The summed E-state index contributed by atoms with van der Waals surface area (Å²) in [6.45, 7) is 4.58. The van der Waals surface area contributed by atoms with Gasteiger partial charge in [0.15, 0.2) is 5.50 Å². The van der Waals surface area contributed by atoms with Crippen LogP contribution in [0.3, 0.4) is 0 Å². The molecule has 5 rings (SSSR count). The number of rotatable bonds is 6. The van der Waals surface area contributed by atoms with Gasteiger partial charge in [-0.25, -0.2) is 4.39 Å². The Morgan fingerprint density at radius 2 is 1.79 bits per heavy atom. The second kappa shape index (κ2) is 9.39. The number of para-hydroxylation sites is 1. The summed E-state index contributed by atoms with van der Waals surface area (Å²) in [4.78, 5) is 13.4. The molecule has 172 valence electrons. The Morgan fingerprint density at radius 3 is 2.56 bits per heavy atom. The van der Waals surface area contributed by atoms with Gasteiger partial charge in [0.05, 0.1) is 11.4 Å². The van der Waals surface area contributed by atoms with Crippen molar-refractivity contribution in [1.82, 2.24) is 9.88 Å². The minimum Gasteiger partial charge on any atom is -0.357 e. The van der Waals surface area contributed by atoms with Crippen LogP contribution in [0, 0.1) is 12.7 Å². The number of anilines is 1. The van der Waals surface area contributed by atoms with Gasteiger partial charge in [-0.2, -0.15) is 0 Å². The van der Waals surface area contributed by atoms with Crippen LogP contribution in [0.4, 0.5) is 10.1 Å². The lowest BCUT2D eigenvalue weighted by molar-refractivity contribution is -0.116. The van der Waals surface area contributed by atoms with E-state index in [1.165, 1.54) is 23.4 Å². The molecular weight excluding hydrogens is 445 g/mol. The topological polar surface area (TPSA) is 46.1 Å². The molecule has 1 amide bonds. The summed E-state index contributed by atoms with van der Waals surface area (Å²) in [6.07, 6.45) is 2.95. The maximum atomic E-state index is 14.4. The number of aryl methyl sites for hydroxylation is 1. The Morgan fingerprint density at radius 1 is 1.06 bits per heavy atom. The second-order valence-corrected chi connectivity index (χ2v) is 9.52. The van der Waals surface area contributed by atoms with Crippen LogP contribution in [0.1, 0.15) is 29.3 Å². The van der Waals surface area contributed by atoms with Gasteiger partial charge in [-0.3, -0.25) is 4.79 Å². The molecule has 3 aromatic carbocycles. The monoisotopic (exact) mass is 471 g/mol. The van der Waals surface area contributed by atoms with Gasteiger partial charge in [0.2, 0.25) is 0 Å². The first-order valence-corrected chi connectivity index (χ1v) is 12.3. The van der Waals surface area contributed by atoms with Crippen LogP contribution in [0.5, 0.6) is 0 Å². The van der Waals surface area contributed by atoms with Gasteiger partial charge in [0, 0.05) is 33.4 Å². The number of benzene rings is 3. The molecule has 1 saturated heterocycles. The Hall–Kier alpha value is -3.51.